The number of benzene rings is 2. The van der Waals surface area contributed by atoms with Crippen molar-refractivity contribution >= 4 is 29.1 Å². The maximum absolute atomic E-state index is 13.3. The molecule has 0 fully saturated rings. The normalized spacial score (nSPS) is 20.4. The van der Waals surface area contributed by atoms with Gasteiger partial charge in [-0.3, -0.25) is 14.4 Å². The van der Waals surface area contributed by atoms with E-state index in [-0.39, 0.29) is 24.3 Å². The van der Waals surface area contributed by atoms with Crippen LogP contribution in [0.5, 0.6) is 0 Å². The van der Waals surface area contributed by atoms with Crippen LogP contribution in [0.2, 0.25) is 0 Å². The predicted octanol–water partition coefficient (Wildman–Crippen LogP) is 1.44. The van der Waals surface area contributed by atoms with Crippen LogP contribution in [0.3, 0.4) is 0 Å². The molecule has 7 nitrogen and oxygen atoms in total. The van der Waals surface area contributed by atoms with Gasteiger partial charge in [-0.2, -0.15) is 0 Å². The molecule has 1 spiro atoms. The molecule has 0 radical (unpaired) electrons. The molecule has 27 heavy (non-hydrogen) atoms. The van der Waals surface area contributed by atoms with Crippen LogP contribution in [0, 0.1) is 6.92 Å². The Balaban J connectivity index is 2.03. The van der Waals surface area contributed by atoms with Gasteiger partial charge in [-0.1, -0.05) is 23.8 Å². The van der Waals surface area contributed by atoms with Gasteiger partial charge in [0.15, 0.2) is 0 Å². The van der Waals surface area contributed by atoms with Gasteiger partial charge >= 0.3 is 0 Å². The minimum atomic E-state index is -1.42. The Morgan fingerprint density at radius 1 is 1.19 bits per heavy atom. The maximum Gasteiger partial charge on any atom is 0.276 e. The molecule has 2 aliphatic heterocycles. The van der Waals surface area contributed by atoms with Gasteiger partial charge in [0.05, 0.1) is 17.8 Å². The first kappa shape index (κ1) is 17.1. The quantitative estimate of drug-likeness (QED) is 0.845. The van der Waals surface area contributed by atoms with Gasteiger partial charge in [-0.15, -0.1) is 0 Å². The lowest BCUT2D eigenvalue weighted by Crippen LogP contribution is -2.66. The zero-order chi connectivity index (χ0) is 19.3. The summed E-state index contributed by atoms with van der Waals surface area (Å²) in [5.41, 5.74) is 1.88. The Hall–Kier alpha value is -3.35. The first-order chi connectivity index (χ1) is 12.9. The highest BCUT2D eigenvalue weighted by atomic mass is 16.2. The molecule has 0 aliphatic carbocycles. The van der Waals surface area contributed by atoms with Crippen molar-refractivity contribution < 1.29 is 14.4 Å². The summed E-state index contributed by atoms with van der Waals surface area (Å²) in [6.07, 6.45) is 0. The summed E-state index contributed by atoms with van der Waals surface area (Å²) < 4.78 is 0. The van der Waals surface area contributed by atoms with Crippen molar-refractivity contribution in [2.45, 2.75) is 12.6 Å². The minimum Gasteiger partial charge on any atom is -0.358 e. The summed E-state index contributed by atoms with van der Waals surface area (Å²) in [5, 5.41) is 5.49. The molecule has 1 atom stereocenters. The van der Waals surface area contributed by atoms with Crippen LogP contribution >= 0.6 is 0 Å². The number of para-hydroxylation sites is 1. The van der Waals surface area contributed by atoms with E-state index in [2.05, 4.69) is 10.6 Å². The van der Waals surface area contributed by atoms with E-state index in [1.165, 1.54) is 4.90 Å². The molecular formula is C20H20N4O3. The van der Waals surface area contributed by atoms with Crippen molar-refractivity contribution in [3.8, 4) is 0 Å². The van der Waals surface area contributed by atoms with E-state index in [1.54, 1.807) is 43.3 Å². The topological polar surface area (TPSA) is 81.8 Å². The Morgan fingerprint density at radius 3 is 2.67 bits per heavy atom. The van der Waals surface area contributed by atoms with Gasteiger partial charge in [0, 0.05) is 25.3 Å². The molecule has 4 rings (SSSR count). The Morgan fingerprint density at radius 2 is 1.93 bits per heavy atom. The molecule has 2 aromatic carbocycles. The van der Waals surface area contributed by atoms with Gasteiger partial charge in [0.2, 0.25) is 11.6 Å². The molecule has 0 unspecified atom stereocenters. The van der Waals surface area contributed by atoms with E-state index in [1.807, 2.05) is 25.1 Å². The number of carbonyl (C=O) groups is 3. The molecular weight excluding hydrogens is 344 g/mol. The largest absolute Gasteiger partial charge is 0.358 e. The monoisotopic (exact) mass is 364 g/mol. The zero-order valence-corrected chi connectivity index (χ0v) is 15.4. The molecule has 2 aliphatic rings. The van der Waals surface area contributed by atoms with Gasteiger partial charge in [0.1, 0.15) is 0 Å². The lowest BCUT2D eigenvalue weighted by atomic mass is 9.90. The van der Waals surface area contributed by atoms with Crippen LogP contribution in [-0.2, 0) is 15.3 Å². The number of carbonyl (C=O) groups excluding carboxylic acids is 3. The molecule has 0 aromatic heterocycles. The summed E-state index contributed by atoms with van der Waals surface area (Å²) in [7, 11) is 3.15. The van der Waals surface area contributed by atoms with Crippen LogP contribution in [0.4, 0.5) is 11.4 Å². The highest BCUT2D eigenvalue weighted by molar-refractivity contribution is 6.15. The highest BCUT2D eigenvalue weighted by Crippen LogP contribution is 2.48. The predicted molar refractivity (Wildman–Crippen MR) is 101 cm³/mol. The Kier molecular flexibility index (Phi) is 3.69. The third kappa shape index (κ3) is 2.17. The van der Waals surface area contributed by atoms with E-state index in [9.17, 15) is 14.4 Å². The molecule has 7 heteroatoms. The zero-order valence-electron chi connectivity index (χ0n) is 15.4. The van der Waals surface area contributed by atoms with Crippen LogP contribution in [-0.4, -0.2) is 43.3 Å². The molecule has 2 heterocycles. The lowest BCUT2D eigenvalue weighted by Gasteiger charge is -2.50. The van der Waals surface area contributed by atoms with Crippen molar-refractivity contribution in [1.82, 2.24) is 10.2 Å². The number of aryl methyl sites for hydroxylation is 1. The number of rotatable bonds is 2. The van der Waals surface area contributed by atoms with Crippen molar-refractivity contribution in [3.05, 3.63) is 59.2 Å². The minimum absolute atomic E-state index is 0.0636. The number of hydrogen-bond donors (Lipinski definition) is 2. The van der Waals surface area contributed by atoms with E-state index in [4.69, 9.17) is 0 Å². The maximum atomic E-state index is 13.3. The standard InChI is InChI=1S/C20H20N4O3/c1-12-8-9-15-14(10-12)20(19(27)22-15)23(3)18(26)13-6-4-5-7-16(13)24(20)11-17(25)21-2/h4-10H,11H2,1-3H3,(H,21,25)(H,22,27)/t20-/m0/s1. The smallest absolute Gasteiger partial charge is 0.276 e. The number of fused-ring (bicyclic) bond motifs is 3. The third-order valence-corrected chi connectivity index (χ3v) is 5.30. The Labute approximate surface area is 157 Å². The SMILES string of the molecule is CNC(=O)CN1c2ccccc2C(=O)N(C)[C@]12C(=O)Nc1ccc(C)cc12. The second-order valence-electron chi connectivity index (χ2n) is 6.82. The molecule has 0 saturated heterocycles. The number of amides is 3. The summed E-state index contributed by atoms with van der Waals surface area (Å²) in [6.45, 7) is 1.87. The van der Waals surface area contributed by atoms with Crippen molar-refractivity contribution in [1.29, 1.82) is 0 Å². The highest BCUT2D eigenvalue weighted by Gasteiger charge is 2.59. The average Bonchev–Trinajstić information content (AvgIpc) is 2.95. The van der Waals surface area contributed by atoms with Gasteiger partial charge in [0.25, 0.3) is 11.8 Å². The van der Waals surface area contributed by atoms with E-state index >= 15 is 0 Å². The first-order valence-electron chi connectivity index (χ1n) is 8.69. The van der Waals surface area contributed by atoms with Crippen molar-refractivity contribution in [2.75, 3.05) is 30.9 Å². The molecule has 2 N–H and O–H groups in total. The third-order valence-electron chi connectivity index (χ3n) is 5.30. The average molecular weight is 364 g/mol. The fourth-order valence-corrected chi connectivity index (χ4v) is 3.98. The van der Waals surface area contributed by atoms with Gasteiger partial charge in [-0.05, 0) is 31.2 Å². The number of hydrogen-bond acceptors (Lipinski definition) is 4. The van der Waals surface area contributed by atoms with E-state index in [0.717, 1.165) is 5.56 Å². The molecule has 138 valence electrons. The molecule has 0 bridgehead atoms. The van der Waals surface area contributed by atoms with Crippen LogP contribution in [0.15, 0.2) is 42.5 Å². The molecule has 2 aromatic rings. The number of likely N-dealkylation sites (N-methyl/N-ethyl adjacent to an activating group) is 2. The van der Waals surface area contributed by atoms with Crippen LogP contribution < -0.4 is 15.5 Å². The van der Waals surface area contributed by atoms with Crippen LogP contribution in [0.25, 0.3) is 0 Å². The van der Waals surface area contributed by atoms with E-state index < -0.39 is 5.66 Å². The van der Waals surface area contributed by atoms with Crippen molar-refractivity contribution in [3.63, 3.8) is 0 Å². The van der Waals surface area contributed by atoms with Crippen LogP contribution in [0.1, 0.15) is 21.5 Å². The second kappa shape index (κ2) is 5.84. The fourth-order valence-electron chi connectivity index (χ4n) is 3.98. The number of anilines is 2. The van der Waals surface area contributed by atoms with E-state index in [0.29, 0.717) is 22.5 Å². The summed E-state index contributed by atoms with van der Waals surface area (Å²) in [6, 6.07) is 12.7. The summed E-state index contributed by atoms with van der Waals surface area (Å²) >= 11 is 0. The lowest BCUT2D eigenvalue weighted by molar-refractivity contribution is -0.126. The summed E-state index contributed by atoms with van der Waals surface area (Å²) in [5.74, 6) is -0.860. The number of nitrogens with one attached hydrogen (secondary N) is 2. The number of nitrogens with zero attached hydrogens (tertiary/aromatic N) is 2. The van der Waals surface area contributed by atoms with Gasteiger partial charge < -0.3 is 20.4 Å². The molecule has 0 saturated carbocycles. The Bertz CT molecular complexity index is 987. The molecule has 3 amide bonds. The first-order valence-corrected chi connectivity index (χ1v) is 8.69. The fraction of sp³-hybridized carbons (Fsp3) is 0.250. The second-order valence-corrected chi connectivity index (χ2v) is 6.82. The van der Waals surface area contributed by atoms with Crippen molar-refractivity contribution in [2.24, 2.45) is 0 Å². The summed E-state index contributed by atoms with van der Waals surface area (Å²) in [4.78, 5) is 41.9. The van der Waals surface area contributed by atoms with Gasteiger partial charge in [-0.25, -0.2) is 0 Å².